The molecule has 5 rings (SSSR count). The highest BCUT2D eigenvalue weighted by Crippen LogP contribution is 2.44. The third-order valence-corrected chi connectivity index (χ3v) is 8.92. The average Bonchev–Trinajstić information content (AvgIpc) is 3.67. The first-order chi connectivity index (χ1) is 16.3. The largest absolute Gasteiger partial charge is 0.417 e. The molecular weight excluding hydrogens is 473 g/mol. The lowest BCUT2D eigenvalue weighted by Crippen LogP contribution is -2.40. The Morgan fingerprint density at radius 1 is 1.06 bits per heavy atom. The van der Waals surface area contributed by atoms with Crippen molar-refractivity contribution in [2.45, 2.75) is 76.4 Å². The molecule has 1 heterocycles. The summed E-state index contributed by atoms with van der Waals surface area (Å²) in [5.74, 6) is 0. The number of hydrogen-bond donors (Lipinski definition) is 1. The van der Waals surface area contributed by atoms with Crippen LogP contribution in [-0.4, -0.2) is 23.8 Å². The third-order valence-electron chi connectivity index (χ3n) is 6.86. The van der Waals surface area contributed by atoms with Gasteiger partial charge in [-0.2, -0.15) is 13.2 Å². The molecule has 2 aromatic carbocycles. The van der Waals surface area contributed by atoms with Gasteiger partial charge in [-0.15, -0.1) is 0 Å². The van der Waals surface area contributed by atoms with Crippen LogP contribution >= 0.6 is 0 Å². The quantitative estimate of drug-likeness (QED) is 0.398. The fraction of sp³-hybridized carbons (Fsp3) is 0.481. The number of alkyl halides is 3. The number of sulfonamides is 1. The van der Waals surface area contributed by atoms with E-state index in [0.29, 0.717) is 18.5 Å². The van der Waals surface area contributed by atoms with Crippen molar-refractivity contribution in [2.24, 2.45) is 5.41 Å². The van der Waals surface area contributed by atoms with Crippen molar-refractivity contribution in [3.05, 3.63) is 59.8 Å². The van der Waals surface area contributed by atoms with Gasteiger partial charge in [0.25, 0.3) is 0 Å². The molecule has 2 aliphatic rings. The Balaban J connectivity index is 1.56. The van der Waals surface area contributed by atoms with Gasteiger partial charge < -0.3 is 4.57 Å². The summed E-state index contributed by atoms with van der Waals surface area (Å²) in [5, 5.41) is 0.692. The van der Waals surface area contributed by atoms with Crippen LogP contribution in [0, 0.1) is 5.41 Å². The van der Waals surface area contributed by atoms with Gasteiger partial charge in [-0.3, -0.25) is 0 Å². The van der Waals surface area contributed by atoms with Crippen molar-refractivity contribution in [2.75, 3.05) is 0 Å². The van der Waals surface area contributed by atoms with E-state index >= 15 is 0 Å². The molecule has 0 radical (unpaired) electrons. The monoisotopic (exact) mass is 504 g/mol. The standard InChI is InChI=1S/C27H31F3N2O2S/c1-25(2,3)17-32-16-19(15-26(12-13-26)31-35(33,34)20-9-10-20)22-11-8-18(14-24(22)32)21-6-4-5-7-23(21)27(28,29)30/h4-8,11,14,16,20,31H,9-10,12-13,15,17H2,1-3H3. The molecule has 0 amide bonds. The van der Waals surface area contributed by atoms with Crippen LogP contribution in [0.2, 0.25) is 0 Å². The molecule has 0 atom stereocenters. The van der Waals surface area contributed by atoms with Crippen molar-refractivity contribution >= 4 is 20.9 Å². The molecule has 35 heavy (non-hydrogen) atoms. The van der Waals surface area contributed by atoms with Crippen LogP contribution in [0.25, 0.3) is 22.0 Å². The molecule has 4 nitrogen and oxygen atoms in total. The lowest BCUT2D eigenvalue weighted by Gasteiger charge is -2.20. The average molecular weight is 505 g/mol. The predicted molar refractivity (Wildman–Crippen MR) is 133 cm³/mol. The van der Waals surface area contributed by atoms with Gasteiger partial charge in [-0.05, 0) is 66.3 Å². The summed E-state index contributed by atoms with van der Waals surface area (Å²) in [6.07, 6.45) is 1.22. The van der Waals surface area contributed by atoms with Gasteiger partial charge in [0, 0.05) is 29.2 Å². The van der Waals surface area contributed by atoms with Gasteiger partial charge in [-0.1, -0.05) is 51.1 Å². The molecule has 0 saturated heterocycles. The van der Waals surface area contributed by atoms with Gasteiger partial charge in [0.2, 0.25) is 10.0 Å². The second kappa shape index (κ2) is 8.10. The summed E-state index contributed by atoms with van der Waals surface area (Å²) < 4.78 is 71.3. The summed E-state index contributed by atoms with van der Waals surface area (Å²) in [7, 11) is -3.30. The molecule has 2 aliphatic carbocycles. The summed E-state index contributed by atoms with van der Waals surface area (Å²) in [6.45, 7) is 7.04. The number of hydrogen-bond acceptors (Lipinski definition) is 2. The van der Waals surface area contributed by atoms with Gasteiger partial charge in [0.1, 0.15) is 0 Å². The molecule has 1 aromatic heterocycles. The molecular formula is C27H31F3N2O2S. The Kier molecular flexibility index (Phi) is 5.64. The van der Waals surface area contributed by atoms with Crippen LogP contribution in [0.15, 0.2) is 48.7 Å². The molecule has 0 bridgehead atoms. The van der Waals surface area contributed by atoms with Crippen molar-refractivity contribution in [3.8, 4) is 11.1 Å². The number of aromatic nitrogens is 1. The fourth-order valence-electron chi connectivity index (χ4n) is 4.89. The maximum Gasteiger partial charge on any atom is 0.417 e. The van der Waals surface area contributed by atoms with Crippen molar-refractivity contribution in [1.29, 1.82) is 0 Å². The molecule has 0 aliphatic heterocycles. The lowest BCUT2D eigenvalue weighted by atomic mass is 9.96. The highest BCUT2D eigenvalue weighted by atomic mass is 32.2. The molecule has 2 saturated carbocycles. The number of fused-ring (bicyclic) bond motifs is 1. The normalized spacial score (nSPS) is 18.2. The van der Waals surface area contributed by atoms with Gasteiger partial charge >= 0.3 is 6.18 Å². The number of halogens is 3. The van der Waals surface area contributed by atoms with Crippen molar-refractivity contribution < 1.29 is 21.6 Å². The maximum absolute atomic E-state index is 13.7. The van der Waals surface area contributed by atoms with Crippen molar-refractivity contribution in [1.82, 2.24) is 9.29 Å². The first-order valence-electron chi connectivity index (χ1n) is 12.1. The van der Waals surface area contributed by atoms with E-state index in [9.17, 15) is 21.6 Å². The minimum absolute atomic E-state index is 0.0477. The first kappa shape index (κ1) is 24.4. The third kappa shape index (κ3) is 5.14. The van der Waals surface area contributed by atoms with E-state index in [1.165, 1.54) is 12.1 Å². The number of rotatable bonds is 7. The summed E-state index contributed by atoms with van der Waals surface area (Å²) in [5.41, 5.74) is 1.40. The van der Waals surface area contributed by atoms with E-state index in [-0.39, 0.29) is 16.2 Å². The Bertz CT molecular complexity index is 1380. The zero-order valence-corrected chi connectivity index (χ0v) is 21.1. The highest BCUT2D eigenvalue weighted by molar-refractivity contribution is 7.90. The Morgan fingerprint density at radius 2 is 1.74 bits per heavy atom. The summed E-state index contributed by atoms with van der Waals surface area (Å²) >= 11 is 0. The molecule has 2 fully saturated rings. The minimum Gasteiger partial charge on any atom is -0.347 e. The first-order valence-corrected chi connectivity index (χ1v) is 13.6. The molecule has 8 heteroatoms. The van der Waals surface area contributed by atoms with Crippen molar-refractivity contribution in [3.63, 3.8) is 0 Å². The molecule has 1 N–H and O–H groups in total. The number of nitrogens with zero attached hydrogens (tertiary/aromatic N) is 1. The van der Waals surface area contributed by atoms with Gasteiger partial charge in [-0.25, -0.2) is 13.1 Å². The van der Waals surface area contributed by atoms with E-state index in [2.05, 4.69) is 36.3 Å². The molecule has 3 aromatic rings. The molecule has 0 spiro atoms. The lowest BCUT2D eigenvalue weighted by molar-refractivity contribution is -0.137. The summed E-state index contributed by atoms with van der Waals surface area (Å²) in [4.78, 5) is 0. The van der Waals surface area contributed by atoms with Crippen LogP contribution in [0.1, 0.15) is 57.6 Å². The van der Waals surface area contributed by atoms with Gasteiger partial charge in [0.05, 0.1) is 10.8 Å². The second-order valence-electron chi connectivity index (χ2n) is 11.4. The van der Waals surface area contributed by atoms with Gasteiger partial charge in [0.15, 0.2) is 0 Å². The predicted octanol–water partition coefficient (Wildman–Crippen LogP) is 6.53. The molecule has 0 unspecified atom stereocenters. The van der Waals surface area contributed by atoms with Crippen LogP contribution in [0.3, 0.4) is 0 Å². The van der Waals surface area contributed by atoms with E-state index in [1.807, 2.05) is 12.1 Å². The van der Waals surface area contributed by atoms with Crippen LogP contribution in [-0.2, 0) is 29.2 Å². The highest BCUT2D eigenvalue weighted by Gasteiger charge is 2.49. The fourth-order valence-corrected chi connectivity index (χ4v) is 6.70. The SMILES string of the molecule is CC(C)(C)Cn1cc(CC2(NS(=O)(=O)C3CC3)CC2)c2ccc(-c3ccccc3C(F)(F)F)cc21. The van der Waals surface area contributed by atoms with E-state index in [0.717, 1.165) is 48.2 Å². The maximum atomic E-state index is 13.7. The van der Waals surface area contributed by atoms with E-state index < -0.39 is 27.3 Å². The zero-order chi connectivity index (χ0) is 25.2. The second-order valence-corrected chi connectivity index (χ2v) is 13.4. The smallest absolute Gasteiger partial charge is 0.347 e. The van der Waals surface area contributed by atoms with E-state index in [1.54, 1.807) is 12.1 Å². The van der Waals surface area contributed by atoms with Crippen LogP contribution in [0.4, 0.5) is 13.2 Å². The van der Waals surface area contributed by atoms with E-state index in [4.69, 9.17) is 0 Å². The Labute approximate surface area is 204 Å². The summed E-state index contributed by atoms with van der Waals surface area (Å²) in [6, 6.07) is 11.1. The molecule has 188 valence electrons. The van der Waals surface area contributed by atoms with Crippen LogP contribution < -0.4 is 4.72 Å². The van der Waals surface area contributed by atoms with Crippen LogP contribution in [0.5, 0.6) is 0 Å². The Morgan fingerprint density at radius 3 is 2.34 bits per heavy atom. The number of benzene rings is 2. The topological polar surface area (TPSA) is 51.1 Å². The Hall–Kier alpha value is -2.32. The zero-order valence-electron chi connectivity index (χ0n) is 20.2. The number of nitrogens with one attached hydrogen (secondary N) is 1. The minimum atomic E-state index is -4.44.